The Hall–Kier alpha value is -2.54. The van der Waals surface area contributed by atoms with Crippen molar-refractivity contribution < 1.29 is 23.0 Å². The van der Waals surface area contributed by atoms with Gasteiger partial charge >= 0.3 is 6.18 Å². The van der Waals surface area contributed by atoms with Gasteiger partial charge in [-0.3, -0.25) is 0 Å². The molecule has 0 aromatic heterocycles. The van der Waals surface area contributed by atoms with Crippen molar-refractivity contribution in [2.45, 2.75) is 33.1 Å². The number of aliphatic hydroxyl groups excluding tert-OH is 1. The van der Waals surface area contributed by atoms with E-state index >= 15 is 0 Å². The lowest BCUT2D eigenvalue weighted by molar-refractivity contribution is -0.206. The van der Waals surface area contributed by atoms with Gasteiger partial charge in [0.2, 0.25) is 0 Å². The van der Waals surface area contributed by atoms with Crippen LogP contribution >= 0.6 is 0 Å². The second kappa shape index (κ2) is 8.43. The molecule has 0 aliphatic carbocycles. The molecular formula is C20H23F3N2O2. The highest BCUT2D eigenvalue weighted by atomic mass is 19.4. The maximum atomic E-state index is 12.7. The van der Waals surface area contributed by atoms with Crippen molar-refractivity contribution in [3.8, 4) is 11.5 Å². The van der Waals surface area contributed by atoms with Crippen LogP contribution < -0.4 is 4.74 Å². The summed E-state index contributed by atoms with van der Waals surface area (Å²) in [4.78, 5) is 6.38. The van der Waals surface area contributed by atoms with Crippen LogP contribution in [-0.2, 0) is 0 Å². The summed E-state index contributed by atoms with van der Waals surface area (Å²) in [7, 11) is 1.92. The Balaban J connectivity index is 2.26. The van der Waals surface area contributed by atoms with Crippen LogP contribution in [0.4, 0.5) is 18.9 Å². The summed E-state index contributed by atoms with van der Waals surface area (Å²) in [5.41, 5.74) is 2.20. The van der Waals surface area contributed by atoms with E-state index in [4.69, 9.17) is 4.74 Å². The molecule has 4 nitrogen and oxygen atoms in total. The van der Waals surface area contributed by atoms with Gasteiger partial charge in [-0.05, 0) is 61.7 Å². The minimum atomic E-state index is -4.73. The minimum Gasteiger partial charge on any atom is -0.457 e. The zero-order chi connectivity index (χ0) is 20.2. The van der Waals surface area contributed by atoms with Gasteiger partial charge in [0.05, 0.1) is 12.0 Å². The molecule has 0 fully saturated rings. The number of hydrogen-bond donors (Lipinski definition) is 1. The summed E-state index contributed by atoms with van der Waals surface area (Å²) in [5.74, 6) is 0.745. The predicted molar refractivity (Wildman–Crippen MR) is 99.9 cm³/mol. The highest BCUT2D eigenvalue weighted by Crippen LogP contribution is 2.36. The van der Waals surface area contributed by atoms with Crippen molar-refractivity contribution in [3.63, 3.8) is 0 Å². The van der Waals surface area contributed by atoms with Crippen LogP contribution in [0.5, 0.6) is 11.5 Å². The van der Waals surface area contributed by atoms with E-state index < -0.39 is 12.3 Å². The molecule has 27 heavy (non-hydrogen) atoms. The first-order chi connectivity index (χ1) is 12.6. The van der Waals surface area contributed by atoms with Crippen LogP contribution in [0.1, 0.15) is 29.7 Å². The summed E-state index contributed by atoms with van der Waals surface area (Å²) in [6.07, 6.45) is -5.53. The Morgan fingerprint density at radius 1 is 1.19 bits per heavy atom. The Labute approximate surface area is 156 Å². The van der Waals surface area contributed by atoms with Crippen molar-refractivity contribution in [3.05, 3.63) is 53.1 Å². The molecule has 0 aliphatic rings. The highest BCUT2D eigenvalue weighted by Gasteiger charge is 2.39. The number of aliphatic hydroxyl groups is 1. The summed E-state index contributed by atoms with van der Waals surface area (Å²) in [6.45, 7) is 6.58. The molecule has 0 radical (unpaired) electrons. The third kappa shape index (κ3) is 5.47. The number of benzene rings is 2. The number of ether oxygens (including phenoxy) is 1. The summed E-state index contributed by atoms with van der Waals surface area (Å²) in [5, 5.41) is 9.41. The first-order valence-corrected chi connectivity index (χ1v) is 8.50. The molecule has 0 saturated heterocycles. The monoisotopic (exact) mass is 380 g/mol. The molecule has 146 valence electrons. The van der Waals surface area contributed by atoms with Crippen molar-refractivity contribution in [1.29, 1.82) is 0 Å². The fraction of sp³-hybridized carbons (Fsp3) is 0.350. The quantitative estimate of drug-likeness (QED) is 0.546. The van der Waals surface area contributed by atoms with Gasteiger partial charge in [-0.1, -0.05) is 12.1 Å². The number of aryl methyl sites for hydroxylation is 2. The number of alkyl halides is 3. The van der Waals surface area contributed by atoms with E-state index in [2.05, 4.69) is 4.99 Å². The zero-order valence-corrected chi connectivity index (χ0v) is 15.7. The molecule has 7 heteroatoms. The van der Waals surface area contributed by atoms with E-state index in [0.29, 0.717) is 5.75 Å². The molecular weight excluding hydrogens is 357 g/mol. The van der Waals surface area contributed by atoms with Crippen LogP contribution in [0.3, 0.4) is 0 Å². The summed E-state index contributed by atoms with van der Waals surface area (Å²) >= 11 is 0. The lowest BCUT2D eigenvalue weighted by atomic mass is 10.1. The van der Waals surface area contributed by atoms with Crippen LogP contribution in [0, 0.1) is 13.8 Å². The zero-order valence-electron chi connectivity index (χ0n) is 15.7. The molecule has 2 rings (SSSR count). The van der Waals surface area contributed by atoms with Crippen molar-refractivity contribution in [2.75, 3.05) is 13.6 Å². The SMILES string of the molecule is CCN(C)C=Nc1cc(C)c(Oc2cccc(C(O)C(F)(F)F)c2)cc1C. The molecule has 2 aromatic rings. The van der Waals surface area contributed by atoms with Gasteiger partial charge in [-0.2, -0.15) is 13.2 Å². The molecule has 1 N–H and O–H groups in total. The van der Waals surface area contributed by atoms with Crippen LogP contribution in [0.25, 0.3) is 0 Å². The fourth-order valence-electron chi connectivity index (χ4n) is 2.33. The molecule has 2 aromatic carbocycles. The van der Waals surface area contributed by atoms with E-state index in [9.17, 15) is 18.3 Å². The Kier molecular flexibility index (Phi) is 6.49. The van der Waals surface area contributed by atoms with E-state index in [-0.39, 0.29) is 11.3 Å². The number of hydrogen-bond acceptors (Lipinski definition) is 3. The topological polar surface area (TPSA) is 45.1 Å². The Bertz CT molecular complexity index is 819. The van der Waals surface area contributed by atoms with Gasteiger partial charge in [-0.25, -0.2) is 4.99 Å². The van der Waals surface area contributed by atoms with Gasteiger partial charge in [0.1, 0.15) is 11.5 Å². The molecule has 0 spiro atoms. The fourth-order valence-corrected chi connectivity index (χ4v) is 2.33. The van der Waals surface area contributed by atoms with Gasteiger partial charge in [0.15, 0.2) is 6.10 Å². The first-order valence-electron chi connectivity index (χ1n) is 8.50. The lowest BCUT2D eigenvalue weighted by Crippen LogP contribution is -2.20. The van der Waals surface area contributed by atoms with E-state index in [1.807, 2.05) is 38.8 Å². The van der Waals surface area contributed by atoms with Gasteiger partial charge in [0.25, 0.3) is 0 Å². The van der Waals surface area contributed by atoms with E-state index in [0.717, 1.165) is 23.4 Å². The molecule has 0 saturated carbocycles. The predicted octanol–water partition coefficient (Wildman–Crippen LogP) is 5.30. The number of aliphatic imine (C=N–C) groups is 1. The largest absolute Gasteiger partial charge is 0.457 e. The van der Waals surface area contributed by atoms with Gasteiger partial charge < -0.3 is 14.7 Å². The van der Waals surface area contributed by atoms with Gasteiger partial charge in [0, 0.05) is 13.6 Å². The Morgan fingerprint density at radius 3 is 2.52 bits per heavy atom. The molecule has 0 amide bonds. The van der Waals surface area contributed by atoms with E-state index in [1.54, 1.807) is 18.5 Å². The second-order valence-electron chi connectivity index (χ2n) is 6.34. The second-order valence-corrected chi connectivity index (χ2v) is 6.34. The van der Waals surface area contributed by atoms with Gasteiger partial charge in [-0.15, -0.1) is 0 Å². The summed E-state index contributed by atoms with van der Waals surface area (Å²) in [6, 6.07) is 9.02. The molecule has 0 heterocycles. The van der Waals surface area contributed by atoms with Crippen LogP contribution in [0.2, 0.25) is 0 Å². The third-order valence-corrected chi connectivity index (χ3v) is 4.10. The number of nitrogens with zero attached hydrogens (tertiary/aromatic N) is 2. The van der Waals surface area contributed by atoms with Crippen molar-refractivity contribution in [2.24, 2.45) is 4.99 Å². The Morgan fingerprint density at radius 2 is 1.89 bits per heavy atom. The highest BCUT2D eigenvalue weighted by molar-refractivity contribution is 5.64. The smallest absolute Gasteiger partial charge is 0.418 e. The number of halogens is 3. The average molecular weight is 380 g/mol. The molecule has 1 unspecified atom stereocenters. The lowest BCUT2D eigenvalue weighted by Gasteiger charge is -2.16. The molecule has 0 aliphatic heterocycles. The molecule has 0 bridgehead atoms. The van der Waals surface area contributed by atoms with E-state index in [1.165, 1.54) is 18.2 Å². The maximum Gasteiger partial charge on any atom is 0.418 e. The normalized spacial score (nSPS) is 13.0. The first kappa shape index (κ1) is 20.8. The van der Waals surface area contributed by atoms with Crippen LogP contribution in [-0.4, -0.2) is 36.1 Å². The molecule has 1 atom stereocenters. The standard InChI is InChI=1S/C20H23F3N2O2/c1-5-25(4)12-24-17-9-14(3)18(10-13(17)2)27-16-8-6-7-15(11-16)19(26)20(21,22)23/h6-12,19,26H,5H2,1-4H3. The third-order valence-electron chi connectivity index (χ3n) is 4.10. The maximum absolute atomic E-state index is 12.7. The number of rotatable bonds is 6. The van der Waals surface area contributed by atoms with Crippen molar-refractivity contribution in [1.82, 2.24) is 4.90 Å². The average Bonchev–Trinajstić information content (AvgIpc) is 2.61. The van der Waals surface area contributed by atoms with Crippen molar-refractivity contribution >= 4 is 12.0 Å². The summed E-state index contributed by atoms with van der Waals surface area (Å²) < 4.78 is 43.9. The van der Waals surface area contributed by atoms with Crippen LogP contribution in [0.15, 0.2) is 41.4 Å². The minimum absolute atomic E-state index is 0.222.